The molecule has 3 nitrogen and oxygen atoms in total. The van der Waals surface area contributed by atoms with Crippen LogP contribution in [0.3, 0.4) is 0 Å². The first kappa shape index (κ1) is 15.5. The molecule has 1 aromatic carbocycles. The Bertz CT molecular complexity index is 458. The number of rotatable bonds is 3. The number of benzene rings is 1. The van der Waals surface area contributed by atoms with E-state index in [9.17, 15) is 4.79 Å². The maximum absolute atomic E-state index is 12.4. The van der Waals surface area contributed by atoms with Gasteiger partial charge in [-0.3, -0.25) is 4.79 Å². The molecule has 3 rings (SSSR count). The SMILES string of the molecule is O=C(Cc1ccccc1)N1CC[NH+](C2CCCCCC2)CC1. The van der Waals surface area contributed by atoms with Crippen molar-refractivity contribution in [3.05, 3.63) is 35.9 Å². The third kappa shape index (κ3) is 4.10. The van der Waals surface area contributed by atoms with Crippen molar-refractivity contribution in [2.24, 2.45) is 0 Å². The monoisotopic (exact) mass is 301 g/mol. The minimum Gasteiger partial charge on any atom is -0.331 e. The minimum atomic E-state index is 0.297. The van der Waals surface area contributed by atoms with E-state index in [4.69, 9.17) is 0 Å². The Labute approximate surface area is 134 Å². The third-order valence-electron chi connectivity index (χ3n) is 5.39. The zero-order chi connectivity index (χ0) is 15.2. The first-order valence-electron chi connectivity index (χ1n) is 8.99. The highest BCUT2D eigenvalue weighted by atomic mass is 16.2. The Balaban J connectivity index is 1.47. The summed E-state index contributed by atoms with van der Waals surface area (Å²) in [6, 6.07) is 11.0. The van der Waals surface area contributed by atoms with Crippen LogP contribution in [0.15, 0.2) is 30.3 Å². The second kappa shape index (κ2) is 7.77. The molecule has 1 aliphatic heterocycles. The largest absolute Gasteiger partial charge is 0.331 e. The van der Waals surface area contributed by atoms with Crippen LogP contribution in [0.25, 0.3) is 0 Å². The van der Waals surface area contributed by atoms with Crippen LogP contribution >= 0.6 is 0 Å². The number of nitrogens with zero attached hydrogens (tertiary/aromatic N) is 1. The van der Waals surface area contributed by atoms with Gasteiger partial charge in [0.25, 0.3) is 0 Å². The number of hydrogen-bond donors (Lipinski definition) is 1. The number of carbonyl (C=O) groups excluding carboxylic acids is 1. The summed E-state index contributed by atoms with van der Waals surface area (Å²) in [4.78, 5) is 16.3. The van der Waals surface area contributed by atoms with Crippen LogP contribution in [0.2, 0.25) is 0 Å². The van der Waals surface area contributed by atoms with Crippen molar-refractivity contribution in [2.75, 3.05) is 26.2 Å². The summed E-state index contributed by atoms with van der Waals surface area (Å²) in [5.41, 5.74) is 1.13. The molecule has 1 amide bonds. The molecule has 1 N–H and O–H groups in total. The van der Waals surface area contributed by atoms with Crippen LogP contribution in [-0.2, 0) is 11.2 Å². The normalized spacial score (nSPS) is 21.5. The Morgan fingerprint density at radius 3 is 2.27 bits per heavy atom. The first-order chi connectivity index (χ1) is 10.8. The molecule has 1 saturated heterocycles. The summed E-state index contributed by atoms with van der Waals surface area (Å²) in [6.07, 6.45) is 9.01. The first-order valence-corrected chi connectivity index (χ1v) is 8.99. The number of nitrogens with one attached hydrogen (secondary N) is 1. The Morgan fingerprint density at radius 2 is 1.64 bits per heavy atom. The van der Waals surface area contributed by atoms with Gasteiger partial charge in [0.15, 0.2) is 0 Å². The maximum Gasteiger partial charge on any atom is 0.227 e. The van der Waals surface area contributed by atoms with Gasteiger partial charge in [-0.2, -0.15) is 0 Å². The molecule has 0 spiro atoms. The molecular weight excluding hydrogens is 272 g/mol. The summed E-state index contributed by atoms with van der Waals surface area (Å²) < 4.78 is 0. The highest BCUT2D eigenvalue weighted by Gasteiger charge is 2.29. The van der Waals surface area contributed by atoms with Crippen molar-refractivity contribution in [3.8, 4) is 0 Å². The molecule has 0 aromatic heterocycles. The fraction of sp³-hybridized carbons (Fsp3) is 0.632. The molecule has 22 heavy (non-hydrogen) atoms. The topological polar surface area (TPSA) is 24.8 Å². The molecule has 0 unspecified atom stereocenters. The van der Waals surface area contributed by atoms with Crippen LogP contribution in [-0.4, -0.2) is 43.0 Å². The van der Waals surface area contributed by atoms with Crippen molar-refractivity contribution in [2.45, 2.75) is 51.0 Å². The highest BCUT2D eigenvalue weighted by molar-refractivity contribution is 5.78. The van der Waals surface area contributed by atoms with E-state index < -0.39 is 0 Å². The molecule has 2 aliphatic rings. The Morgan fingerprint density at radius 1 is 1.00 bits per heavy atom. The van der Waals surface area contributed by atoms with Gasteiger partial charge in [0, 0.05) is 0 Å². The zero-order valence-corrected chi connectivity index (χ0v) is 13.6. The fourth-order valence-corrected chi connectivity index (χ4v) is 4.02. The molecule has 0 radical (unpaired) electrons. The number of hydrogen-bond acceptors (Lipinski definition) is 1. The van der Waals surface area contributed by atoms with Gasteiger partial charge in [-0.05, 0) is 31.2 Å². The van der Waals surface area contributed by atoms with Crippen molar-refractivity contribution in [3.63, 3.8) is 0 Å². The molecule has 2 fully saturated rings. The molecule has 0 bridgehead atoms. The zero-order valence-electron chi connectivity index (χ0n) is 13.6. The van der Waals surface area contributed by atoms with E-state index in [0.717, 1.165) is 37.8 Å². The van der Waals surface area contributed by atoms with Gasteiger partial charge in [0.1, 0.15) is 0 Å². The minimum absolute atomic E-state index is 0.297. The molecule has 1 aliphatic carbocycles. The molecule has 1 aromatic rings. The van der Waals surface area contributed by atoms with Gasteiger partial charge < -0.3 is 9.80 Å². The number of quaternary nitrogens is 1. The smallest absolute Gasteiger partial charge is 0.227 e. The van der Waals surface area contributed by atoms with Crippen molar-refractivity contribution < 1.29 is 9.69 Å². The lowest BCUT2D eigenvalue weighted by Crippen LogP contribution is -3.18. The van der Waals surface area contributed by atoms with E-state index in [-0.39, 0.29) is 0 Å². The van der Waals surface area contributed by atoms with Gasteiger partial charge in [0.05, 0.1) is 38.6 Å². The second-order valence-corrected chi connectivity index (χ2v) is 6.89. The van der Waals surface area contributed by atoms with Gasteiger partial charge in [-0.15, -0.1) is 0 Å². The van der Waals surface area contributed by atoms with E-state index in [0.29, 0.717) is 12.3 Å². The van der Waals surface area contributed by atoms with Gasteiger partial charge >= 0.3 is 0 Å². The standard InChI is InChI=1S/C19H28N2O/c22-19(16-17-8-4-3-5-9-17)21-14-12-20(13-15-21)18-10-6-1-2-7-11-18/h3-5,8-9,18H,1-2,6-7,10-16H2/p+1. The third-order valence-corrected chi connectivity index (χ3v) is 5.39. The van der Waals surface area contributed by atoms with E-state index >= 15 is 0 Å². The Hall–Kier alpha value is -1.35. The Kier molecular flexibility index (Phi) is 5.49. The van der Waals surface area contributed by atoms with E-state index in [1.807, 2.05) is 30.3 Å². The second-order valence-electron chi connectivity index (χ2n) is 6.89. The van der Waals surface area contributed by atoms with Gasteiger partial charge in [-0.25, -0.2) is 0 Å². The lowest BCUT2D eigenvalue weighted by atomic mass is 10.1. The maximum atomic E-state index is 12.4. The van der Waals surface area contributed by atoms with Crippen molar-refractivity contribution in [1.82, 2.24) is 4.90 Å². The number of amides is 1. The summed E-state index contributed by atoms with van der Waals surface area (Å²) in [5.74, 6) is 0.297. The van der Waals surface area contributed by atoms with Crippen LogP contribution in [0.1, 0.15) is 44.1 Å². The molecular formula is C19H29N2O+. The quantitative estimate of drug-likeness (QED) is 0.844. The number of piperazine rings is 1. The lowest BCUT2D eigenvalue weighted by molar-refractivity contribution is -0.929. The van der Waals surface area contributed by atoms with Gasteiger partial charge in [-0.1, -0.05) is 43.2 Å². The van der Waals surface area contributed by atoms with Crippen LogP contribution in [0.4, 0.5) is 0 Å². The molecule has 120 valence electrons. The molecule has 0 atom stereocenters. The van der Waals surface area contributed by atoms with E-state index in [1.54, 1.807) is 4.90 Å². The summed E-state index contributed by atoms with van der Waals surface area (Å²) >= 11 is 0. The van der Waals surface area contributed by atoms with E-state index in [2.05, 4.69) is 4.90 Å². The fourth-order valence-electron chi connectivity index (χ4n) is 4.02. The van der Waals surface area contributed by atoms with Crippen LogP contribution in [0.5, 0.6) is 0 Å². The van der Waals surface area contributed by atoms with Crippen LogP contribution in [0, 0.1) is 0 Å². The average molecular weight is 301 g/mol. The molecule has 1 saturated carbocycles. The highest BCUT2D eigenvalue weighted by Crippen LogP contribution is 2.15. The predicted molar refractivity (Wildman–Crippen MR) is 88.9 cm³/mol. The summed E-state index contributed by atoms with van der Waals surface area (Å²) in [5, 5.41) is 0. The van der Waals surface area contributed by atoms with Crippen LogP contribution < -0.4 is 4.90 Å². The van der Waals surface area contributed by atoms with Crippen molar-refractivity contribution in [1.29, 1.82) is 0 Å². The predicted octanol–water partition coefficient (Wildman–Crippen LogP) is 1.68. The summed E-state index contributed by atoms with van der Waals surface area (Å²) in [6.45, 7) is 4.17. The lowest BCUT2D eigenvalue weighted by Gasteiger charge is -2.36. The van der Waals surface area contributed by atoms with Gasteiger partial charge in [0.2, 0.25) is 5.91 Å². The molecule has 3 heteroatoms. The number of carbonyl (C=O) groups is 1. The summed E-state index contributed by atoms with van der Waals surface area (Å²) in [7, 11) is 0. The van der Waals surface area contributed by atoms with Crippen molar-refractivity contribution >= 4 is 5.91 Å². The molecule has 1 heterocycles. The van der Waals surface area contributed by atoms with E-state index in [1.165, 1.54) is 38.5 Å². The average Bonchev–Trinajstić information content (AvgIpc) is 2.85.